The van der Waals surface area contributed by atoms with E-state index in [1.165, 1.54) is 12.1 Å². The molecule has 0 atom stereocenters. The summed E-state index contributed by atoms with van der Waals surface area (Å²) in [5.41, 5.74) is 3.18. The number of aromatic carboxylic acids is 1. The summed E-state index contributed by atoms with van der Waals surface area (Å²) in [5.74, 6) is -0.792. The maximum Gasteiger partial charge on any atom is 0.335 e. The third kappa shape index (κ3) is 4.95. The first-order chi connectivity index (χ1) is 13.0. The normalized spacial score (nSPS) is 10.3. The van der Waals surface area contributed by atoms with Crippen LogP contribution < -0.4 is 10.1 Å². The Morgan fingerprint density at radius 3 is 2.44 bits per heavy atom. The molecule has 2 N–H and O–H groups in total. The number of carboxylic acids is 1. The molecule has 0 saturated heterocycles. The van der Waals surface area contributed by atoms with Crippen molar-refractivity contribution < 1.29 is 19.4 Å². The predicted octanol–water partition coefficient (Wildman–Crippen LogP) is 4.52. The van der Waals surface area contributed by atoms with Crippen LogP contribution in [0, 0.1) is 6.92 Å². The largest absolute Gasteiger partial charge is 0.489 e. The van der Waals surface area contributed by atoms with Crippen molar-refractivity contribution in [2.24, 2.45) is 0 Å². The Hall–Kier alpha value is -3.60. The number of aryl methyl sites for hydroxylation is 1. The Morgan fingerprint density at radius 2 is 1.67 bits per heavy atom. The SMILES string of the molecule is Cc1cccc(COc2cccc(C(=O)Nc3cccc(C(=O)O)c3)c2)c1. The fourth-order valence-electron chi connectivity index (χ4n) is 2.63. The zero-order valence-electron chi connectivity index (χ0n) is 14.8. The molecule has 0 heterocycles. The average Bonchev–Trinajstić information content (AvgIpc) is 2.67. The highest BCUT2D eigenvalue weighted by Gasteiger charge is 2.09. The molecule has 3 rings (SSSR count). The Labute approximate surface area is 157 Å². The summed E-state index contributed by atoms with van der Waals surface area (Å²) in [6.45, 7) is 2.43. The highest BCUT2D eigenvalue weighted by Crippen LogP contribution is 2.18. The highest BCUT2D eigenvalue weighted by atomic mass is 16.5. The minimum absolute atomic E-state index is 0.114. The number of anilines is 1. The van der Waals surface area contributed by atoms with Crippen LogP contribution in [0.1, 0.15) is 31.8 Å². The highest BCUT2D eigenvalue weighted by molar-refractivity contribution is 6.05. The van der Waals surface area contributed by atoms with E-state index in [2.05, 4.69) is 5.32 Å². The summed E-state index contributed by atoms with van der Waals surface area (Å²) in [5, 5.41) is 11.7. The zero-order chi connectivity index (χ0) is 19.2. The van der Waals surface area contributed by atoms with Crippen LogP contribution >= 0.6 is 0 Å². The van der Waals surface area contributed by atoms with E-state index < -0.39 is 5.97 Å². The summed E-state index contributed by atoms with van der Waals surface area (Å²) in [6, 6.07) is 21.0. The van der Waals surface area contributed by atoms with Crippen LogP contribution in [0.5, 0.6) is 5.75 Å². The number of amides is 1. The van der Waals surface area contributed by atoms with Gasteiger partial charge in [0.2, 0.25) is 0 Å². The number of ether oxygens (including phenoxy) is 1. The first-order valence-corrected chi connectivity index (χ1v) is 8.44. The Balaban J connectivity index is 1.68. The van der Waals surface area contributed by atoms with Gasteiger partial charge in [-0.25, -0.2) is 4.79 Å². The number of hydrogen-bond donors (Lipinski definition) is 2. The number of rotatable bonds is 6. The molecule has 136 valence electrons. The maximum atomic E-state index is 12.5. The number of carbonyl (C=O) groups excluding carboxylic acids is 1. The van der Waals surface area contributed by atoms with Gasteiger partial charge in [-0.2, -0.15) is 0 Å². The lowest BCUT2D eigenvalue weighted by Gasteiger charge is -2.10. The summed E-state index contributed by atoms with van der Waals surface area (Å²) >= 11 is 0. The fourth-order valence-corrected chi connectivity index (χ4v) is 2.63. The van der Waals surface area contributed by atoms with E-state index in [9.17, 15) is 9.59 Å². The maximum absolute atomic E-state index is 12.5. The smallest absolute Gasteiger partial charge is 0.335 e. The van der Waals surface area contributed by atoms with Crippen LogP contribution in [0.4, 0.5) is 5.69 Å². The Kier molecular flexibility index (Phi) is 5.52. The van der Waals surface area contributed by atoms with E-state index in [-0.39, 0.29) is 11.5 Å². The molecular weight excluding hydrogens is 342 g/mol. The molecule has 0 aromatic heterocycles. The minimum atomic E-state index is -1.04. The summed E-state index contributed by atoms with van der Waals surface area (Å²) in [4.78, 5) is 23.5. The van der Waals surface area contributed by atoms with Crippen LogP contribution in [0.15, 0.2) is 72.8 Å². The van der Waals surface area contributed by atoms with Crippen LogP contribution in [0.25, 0.3) is 0 Å². The van der Waals surface area contributed by atoms with Crippen molar-refractivity contribution in [3.63, 3.8) is 0 Å². The molecule has 27 heavy (non-hydrogen) atoms. The topological polar surface area (TPSA) is 75.6 Å². The average molecular weight is 361 g/mol. The van der Waals surface area contributed by atoms with Gasteiger partial charge in [-0.3, -0.25) is 4.79 Å². The van der Waals surface area contributed by atoms with Gasteiger partial charge >= 0.3 is 5.97 Å². The van der Waals surface area contributed by atoms with Crippen LogP contribution in [0.3, 0.4) is 0 Å². The standard InChI is InChI=1S/C22H19NO4/c1-15-5-2-6-16(11-15)14-27-20-10-4-7-17(13-20)21(24)23-19-9-3-8-18(12-19)22(25)26/h2-13H,14H2,1H3,(H,23,24)(H,25,26). The molecule has 0 aliphatic rings. The first kappa shape index (κ1) is 18.2. The Bertz CT molecular complexity index is 981. The molecule has 0 aliphatic carbocycles. The van der Waals surface area contributed by atoms with Gasteiger partial charge < -0.3 is 15.2 Å². The van der Waals surface area contributed by atoms with Crippen molar-refractivity contribution in [1.29, 1.82) is 0 Å². The van der Waals surface area contributed by atoms with Crippen LogP contribution in [-0.2, 0) is 6.61 Å². The summed E-state index contributed by atoms with van der Waals surface area (Å²) < 4.78 is 5.78. The molecule has 5 nitrogen and oxygen atoms in total. The van der Waals surface area contributed by atoms with E-state index in [0.717, 1.165) is 11.1 Å². The molecule has 3 aromatic rings. The number of carboxylic acid groups (broad SMARTS) is 1. The monoisotopic (exact) mass is 361 g/mol. The van der Waals surface area contributed by atoms with Gasteiger partial charge in [-0.1, -0.05) is 42.0 Å². The van der Waals surface area contributed by atoms with Crippen molar-refractivity contribution in [1.82, 2.24) is 0 Å². The number of hydrogen-bond acceptors (Lipinski definition) is 3. The summed E-state index contributed by atoms with van der Waals surface area (Å²) in [7, 11) is 0. The van der Waals surface area contributed by atoms with Crippen molar-refractivity contribution in [2.45, 2.75) is 13.5 Å². The lowest BCUT2D eigenvalue weighted by Crippen LogP contribution is -2.12. The molecular formula is C22H19NO4. The van der Waals surface area contributed by atoms with Gasteiger partial charge in [-0.15, -0.1) is 0 Å². The molecule has 3 aromatic carbocycles. The quantitative estimate of drug-likeness (QED) is 0.677. The van der Waals surface area contributed by atoms with E-state index in [0.29, 0.717) is 23.6 Å². The number of nitrogens with one attached hydrogen (secondary N) is 1. The fraction of sp³-hybridized carbons (Fsp3) is 0.0909. The third-order valence-electron chi connectivity index (χ3n) is 3.95. The van der Waals surface area contributed by atoms with Crippen molar-refractivity contribution in [2.75, 3.05) is 5.32 Å². The molecule has 0 radical (unpaired) electrons. The van der Waals surface area contributed by atoms with E-state index in [1.54, 1.807) is 36.4 Å². The van der Waals surface area contributed by atoms with E-state index in [4.69, 9.17) is 9.84 Å². The second-order valence-corrected chi connectivity index (χ2v) is 6.15. The van der Waals surface area contributed by atoms with Gasteiger partial charge in [-0.05, 0) is 48.9 Å². The molecule has 0 spiro atoms. The van der Waals surface area contributed by atoms with Crippen molar-refractivity contribution >= 4 is 17.6 Å². The van der Waals surface area contributed by atoms with Crippen molar-refractivity contribution in [3.05, 3.63) is 95.1 Å². The van der Waals surface area contributed by atoms with Gasteiger partial charge in [0.1, 0.15) is 12.4 Å². The van der Waals surface area contributed by atoms with Crippen LogP contribution in [0.2, 0.25) is 0 Å². The molecule has 1 amide bonds. The van der Waals surface area contributed by atoms with Gasteiger partial charge in [0.05, 0.1) is 5.56 Å². The zero-order valence-corrected chi connectivity index (χ0v) is 14.8. The lowest BCUT2D eigenvalue weighted by molar-refractivity contribution is 0.0696. The van der Waals surface area contributed by atoms with E-state index in [1.807, 2.05) is 31.2 Å². The second kappa shape index (κ2) is 8.19. The van der Waals surface area contributed by atoms with Gasteiger partial charge in [0.25, 0.3) is 5.91 Å². The Morgan fingerprint density at radius 1 is 0.926 bits per heavy atom. The molecule has 0 saturated carbocycles. The second-order valence-electron chi connectivity index (χ2n) is 6.15. The van der Waals surface area contributed by atoms with Gasteiger partial charge in [0, 0.05) is 11.3 Å². The number of carbonyl (C=O) groups is 2. The molecule has 0 aliphatic heterocycles. The predicted molar refractivity (Wildman–Crippen MR) is 103 cm³/mol. The minimum Gasteiger partial charge on any atom is -0.489 e. The number of benzene rings is 3. The lowest BCUT2D eigenvalue weighted by atomic mass is 10.1. The van der Waals surface area contributed by atoms with Crippen molar-refractivity contribution in [3.8, 4) is 5.75 Å². The van der Waals surface area contributed by atoms with E-state index >= 15 is 0 Å². The third-order valence-corrected chi connectivity index (χ3v) is 3.95. The molecule has 0 bridgehead atoms. The van der Waals surface area contributed by atoms with Gasteiger partial charge in [0.15, 0.2) is 0 Å². The summed E-state index contributed by atoms with van der Waals surface area (Å²) in [6.07, 6.45) is 0. The molecule has 5 heteroatoms. The molecule has 0 fully saturated rings. The first-order valence-electron chi connectivity index (χ1n) is 8.44. The molecule has 0 unspecified atom stereocenters. The van der Waals surface area contributed by atoms with Crippen LogP contribution in [-0.4, -0.2) is 17.0 Å².